The zero-order chi connectivity index (χ0) is 34.0. The van der Waals surface area contributed by atoms with Gasteiger partial charge in [-0.2, -0.15) is 0 Å². The Labute approximate surface area is 284 Å². The van der Waals surface area contributed by atoms with E-state index in [1.54, 1.807) is 15.6 Å². The average molecular weight is 653 g/mol. The Balaban J connectivity index is 1.31. The summed E-state index contributed by atoms with van der Waals surface area (Å²) >= 11 is 0. The quantitative estimate of drug-likeness (QED) is 0.122. The second-order valence-electron chi connectivity index (χ2n) is 11.8. The van der Waals surface area contributed by atoms with Crippen LogP contribution in [0.5, 0.6) is 0 Å². The molecule has 0 saturated heterocycles. The van der Waals surface area contributed by atoms with Crippen LogP contribution in [0.25, 0.3) is 11.1 Å². The van der Waals surface area contributed by atoms with Crippen molar-refractivity contribution in [2.75, 3.05) is 0 Å². The van der Waals surface area contributed by atoms with Crippen LogP contribution in [0.15, 0.2) is 122 Å². The SMILES string of the molecule is O=C(O)CCCc1cn(Cc2ccc(/C(=C(\c3ccccc3)c3ccc(Cn4cc(CCC(=O)O)nn4)cc3)c3ccccc3)cc2)nn1. The second-order valence-corrected chi connectivity index (χ2v) is 11.8. The minimum atomic E-state index is -0.855. The predicted octanol–water partition coefficient (Wildman–Crippen LogP) is 6.40. The number of aryl methyl sites for hydroxylation is 2. The van der Waals surface area contributed by atoms with Crippen LogP contribution in [-0.4, -0.2) is 52.1 Å². The number of rotatable bonds is 15. The zero-order valence-corrected chi connectivity index (χ0v) is 26.9. The van der Waals surface area contributed by atoms with E-state index in [1.807, 2.05) is 18.3 Å². The van der Waals surface area contributed by atoms with Crippen LogP contribution in [0.3, 0.4) is 0 Å². The first-order chi connectivity index (χ1) is 23.9. The maximum Gasteiger partial charge on any atom is 0.303 e. The number of benzene rings is 4. The fourth-order valence-electron chi connectivity index (χ4n) is 5.76. The summed E-state index contributed by atoms with van der Waals surface area (Å²) in [5.41, 5.74) is 10.1. The molecule has 0 aliphatic carbocycles. The van der Waals surface area contributed by atoms with Crippen molar-refractivity contribution in [3.05, 3.63) is 166 Å². The van der Waals surface area contributed by atoms with E-state index in [0.29, 0.717) is 38.0 Å². The minimum Gasteiger partial charge on any atom is -0.481 e. The van der Waals surface area contributed by atoms with Gasteiger partial charge < -0.3 is 10.2 Å². The Bertz CT molecular complexity index is 2030. The molecule has 0 fully saturated rings. The number of carboxylic acids is 2. The van der Waals surface area contributed by atoms with Gasteiger partial charge in [0.15, 0.2) is 0 Å². The molecular weight excluding hydrogens is 616 g/mol. The van der Waals surface area contributed by atoms with Gasteiger partial charge in [-0.05, 0) is 57.4 Å². The minimum absolute atomic E-state index is 0.0225. The highest BCUT2D eigenvalue weighted by Gasteiger charge is 2.17. The van der Waals surface area contributed by atoms with Crippen LogP contribution in [0.1, 0.15) is 64.0 Å². The number of aliphatic carboxylic acids is 2. The highest BCUT2D eigenvalue weighted by molar-refractivity contribution is 6.04. The van der Waals surface area contributed by atoms with Gasteiger partial charge in [0.05, 0.1) is 30.9 Å². The van der Waals surface area contributed by atoms with Crippen LogP contribution >= 0.6 is 0 Å². The first-order valence-corrected chi connectivity index (χ1v) is 16.2. The van der Waals surface area contributed by atoms with Gasteiger partial charge in [0, 0.05) is 25.2 Å². The molecule has 4 aromatic carbocycles. The Morgan fingerprint density at radius 2 is 0.918 bits per heavy atom. The van der Waals surface area contributed by atoms with Gasteiger partial charge in [-0.3, -0.25) is 9.59 Å². The van der Waals surface area contributed by atoms with Crippen LogP contribution in [0, 0.1) is 0 Å². The van der Waals surface area contributed by atoms with E-state index in [9.17, 15) is 9.59 Å². The monoisotopic (exact) mass is 652 g/mol. The summed E-state index contributed by atoms with van der Waals surface area (Å²) in [5, 5.41) is 34.7. The summed E-state index contributed by atoms with van der Waals surface area (Å²) in [6.45, 7) is 1.07. The molecule has 2 N–H and O–H groups in total. The van der Waals surface area contributed by atoms with Crippen molar-refractivity contribution in [3.8, 4) is 0 Å². The molecule has 0 saturated carbocycles. The second kappa shape index (κ2) is 15.6. The summed E-state index contributed by atoms with van der Waals surface area (Å²) < 4.78 is 3.52. The summed E-state index contributed by atoms with van der Waals surface area (Å²) in [6, 6.07) is 37.7. The lowest BCUT2D eigenvalue weighted by Crippen LogP contribution is -2.02. The summed E-state index contributed by atoms with van der Waals surface area (Å²) in [6.07, 6.45) is 5.27. The summed E-state index contributed by atoms with van der Waals surface area (Å²) in [4.78, 5) is 21.8. The van der Waals surface area contributed by atoms with E-state index < -0.39 is 11.9 Å². The standard InChI is InChI=1S/C39H36N6O4/c46-36(47)13-7-12-34-26-44(42-40-34)24-28-14-18-32(19-15-28)38(30-8-3-1-4-9-30)39(31-10-5-2-6-11-31)33-20-16-29(17-21-33)25-45-27-35(41-43-45)22-23-37(48)49/h1-6,8-11,14-21,26-27H,7,12-13,22-25H2,(H,46,47)(H,48,49)/b39-38+. The van der Waals surface area contributed by atoms with Gasteiger partial charge in [0.25, 0.3) is 0 Å². The molecule has 246 valence electrons. The molecule has 2 aromatic heterocycles. The van der Waals surface area contributed by atoms with Crippen molar-refractivity contribution in [2.24, 2.45) is 0 Å². The Kier molecular flexibility index (Phi) is 10.4. The number of hydrogen-bond acceptors (Lipinski definition) is 6. The molecule has 0 bridgehead atoms. The Morgan fingerprint density at radius 3 is 1.35 bits per heavy atom. The normalized spacial score (nSPS) is 11.7. The number of aromatic nitrogens is 6. The topological polar surface area (TPSA) is 136 Å². The van der Waals surface area contributed by atoms with Gasteiger partial charge in [-0.25, -0.2) is 9.36 Å². The van der Waals surface area contributed by atoms with E-state index in [0.717, 1.165) is 50.2 Å². The van der Waals surface area contributed by atoms with Crippen molar-refractivity contribution in [2.45, 2.75) is 45.2 Å². The van der Waals surface area contributed by atoms with Crippen LogP contribution in [0.2, 0.25) is 0 Å². The molecule has 49 heavy (non-hydrogen) atoms. The van der Waals surface area contributed by atoms with Crippen molar-refractivity contribution < 1.29 is 19.8 Å². The van der Waals surface area contributed by atoms with Crippen LogP contribution in [0.4, 0.5) is 0 Å². The molecule has 0 amide bonds. The molecule has 0 spiro atoms. The average Bonchev–Trinajstić information content (AvgIpc) is 3.77. The van der Waals surface area contributed by atoms with Gasteiger partial charge in [-0.1, -0.05) is 120 Å². The van der Waals surface area contributed by atoms with Crippen molar-refractivity contribution in [1.82, 2.24) is 30.0 Å². The molecule has 6 rings (SSSR count). The van der Waals surface area contributed by atoms with E-state index in [2.05, 4.69) is 118 Å². The van der Waals surface area contributed by atoms with Gasteiger partial charge in [0.2, 0.25) is 0 Å². The maximum absolute atomic E-state index is 10.9. The number of nitrogens with zero attached hydrogens (tertiary/aromatic N) is 6. The first-order valence-electron chi connectivity index (χ1n) is 16.2. The molecule has 0 aliphatic heterocycles. The van der Waals surface area contributed by atoms with E-state index in [1.165, 1.54) is 0 Å². The van der Waals surface area contributed by atoms with Crippen LogP contribution in [-0.2, 0) is 35.5 Å². The van der Waals surface area contributed by atoms with Gasteiger partial charge in [0.1, 0.15) is 0 Å². The zero-order valence-electron chi connectivity index (χ0n) is 26.9. The molecule has 10 heteroatoms. The number of carboxylic acid groups (broad SMARTS) is 2. The first kappa shape index (κ1) is 32.8. The largest absolute Gasteiger partial charge is 0.481 e. The fraction of sp³-hybridized carbons (Fsp3) is 0.179. The number of hydrogen-bond donors (Lipinski definition) is 2. The highest BCUT2D eigenvalue weighted by atomic mass is 16.4. The number of carbonyl (C=O) groups is 2. The molecule has 0 aliphatic rings. The van der Waals surface area contributed by atoms with E-state index in [-0.39, 0.29) is 12.8 Å². The molecule has 0 atom stereocenters. The fourth-order valence-corrected chi connectivity index (χ4v) is 5.76. The highest BCUT2D eigenvalue weighted by Crippen LogP contribution is 2.37. The molecule has 0 unspecified atom stereocenters. The van der Waals surface area contributed by atoms with Crippen molar-refractivity contribution in [1.29, 1.82) is 0 Å². The molecular formula is C39H36N6O4. The lowest BCUT2D eigenvalue weighted by atomic mass is 9.85. The predicted molar refractivity (Wildman–Crippen MR) is 186 cm³/mol. The van der Waals surface area contributed by atoms with Crippen molar-refractivity contribution >= 4 is 23.1 Å². The molecule has 0 radical (unpaired) electrons. The van der Waals surface area contributed by atoms with E-state index in [4.69, 9.17) is 10.2 Å². The van der Waals surface area contributed by atoms with Crippen molar-refractivity contribution in [3.63, 3.8) is 0 Å². The van der Waals surface area contributed by atoms with E-state index >= 15 is 0 Å². The maximum atomic E-state index is 10.9. The third-order valence-electron chi connectivity index (χ3n) is 8.14. The summed E-state index contributed by atoms with van der Waals surface area (Å²) in [7, 11) is 0. The van der Waals surface area contributed by atoms with Gasteiger partial charge >= 0.3 is 11.9 Å². The van der Waals surface area contributed by atoms with Crippen LogP contribution < -0.4 is 0 Å². The molecule has 10 nitrogen and oxygen atoms in total. The summed E-state index contributed by atoms with van der Waals surface area (Å²) in [5.74, 6) is -1.66. The lowest BCUT2D eigenvalue weighted by molar-refractivity contribution is -0.138. The molecule has 6 aromatic rings. The van der Waals surface area contributed by atoms with Gasteiger partial charge in [-0.15, -0.1) is 10.2 Å². The Hall–Kier alpha value is -6.16. The molecule has 2 heterocycles. The smallest absolute Gasteiger partial charge is 0.303 e. The third kappa shape index (κ3) is 8.81. The Morgan fingerprint density at radius 1 is 0.510 bits per heavy atom. The lowest BCUT2D eigenvalue weighted by Gasteiger charge is -2.19. The third-order valence-corrected chi connectivity index (χ3v) is 8.14.